The molecule has 1 aliphatic rings. The Bertz CT molecular complexity index is 761. The second-order valence-electron chi connectivity index (χ2n) is 6.78. The van der Waals surface area contributed by atoms with Crippen LogP contribution < -0.4 is 4.74 Å². The Morgan fingerprint density at radius 1 is 1.22 bits per heavy atom. The van der Waals surface area contributed by atoms with Gasteiger partial charge in [-0.1, -0.05) is 12.1 Å². The van der Waals surface area contributed by atoms with Gasteiger partial charge in [0.05, 0.1) is 25.2 Å². The highest BCUT2D eigenvalue weighted by Gasteiger charge is 2.34. The third-order valence-electron chi connectivity index (χ3n) is 4.91. The molecule has 27 heavy (non-hydrogen) atoms. The van der Waals surface area contributed by atoms with E-state index < -0.39 is 9.84 Å². The molecule has 1 aliphatic heterocycles. The van der Waals surface area contributed by atoms with Crippen molar-refractivity contribution in [2.24, 2.45) is 0 Å². The SMILES string of the molecule is CCN(C(=O)CN(CCc1ccc(OC)cc1)C(C)=O)C1CCS(=O)(=O)C1. The number of nitrogens with zero attached hydrogens (tertiary/aromatic N) is 2. The van der Waals surface area contributed by atoms with Crippen molar-refractivity contribution < 1.29 is 22.7 Å². The summed E-state index contributed by atoms with van der Waals surface area (Å²) in [5.74, 6) is 0.521. The van der Waals surface area contributed by atoms with E-state index in [0.29, 0.717) is 25.9 Å². The molecule has 7 nitrogen and oxygen atoms in total. The maximum atomic E-state index is 12.7. The first-order chi connectivity index (χ1) is 12.8. The summed E-state index contributed by atoms with van der Waals surface area (Å²) in [6, 6.07) is 7.29. The first-order valence-electron chi connectivity index (χ1n) is 9.14. The standard InChI is InChI=1S/C19H28N2O5S/c1-4-21(17-10-12-27(24,25)14-17)19(23)13-20(15(2)22)11-9-16-5-7-18(26-3)8-6-16/h5-8,17H,4,9-14H2,1-3H3. The molecule has 1 atom stereocenters. The van der Waals surface area contributed by atoms with Crippen LogP contribution in [0.3, 0.4) is 0 Å². The minimum Gasteiger partial charge on any atom is -0.497 e. The molecule has 0 spiro atoms. The predicted molar refractivity (Wildman–Crippen MR) is 103 cm³/mol. The van der Waals surface area contributed by atoms with E-state index in [4.69, 9.17) is 4.74 Å². The summed E-state index contributed by atoms with van der Waals surface area (Å²) < 4.78 is 28.5. The Balaban J connectivity index is 1.97. The molecule has 2 amide bonds. The number of rotatable bonds is 8. The van der Waals surface area contributed by atoms with Crippen molar-refractivity contribution in [1.82, 2.24) is 9.80 Å². The molecule has 1 aromatic rings. The quantitative estimate of drug-likeness (QED) is 0.658. The lowest BCUT2D eigenvalue weighted by Crippen LogP contribution is -2.47. The average molecular weight is 397 g/mol. The van der Waals surface area contributed by atoms with Crippen molar-refractivity contribution in [3.05, 3.63) is 29.8 Å². The van der Waals surface area contributed by atoms with Crippen molar-refractivity contribution in [2.75, 3.05) is 38.2 Å². The molecule has 0 radical (unpaired) electrons. The number of sulfone groups is 1. The fourth-order valence-electron chi connectivity index (χ4n) is 3.32. The van der Waals surface area contributed by atoms with E-state index in [9.17, 15) is 18.0 Å². The van der Waals surface area contributed by atoms with Gasteiger partial charge in [0, 0.05) is 26.1 Å². The number of carbonyl (C=O) groups is 2. The van der Waals surface area contributed by atoms with E-state index in [-0.39, 0.29) is 35.9 Å². The highest BCUT2D eigenvalue weighted by atomic mass is 32.2. The number of amides is 2. The van der Waals surface area contributed by atoms with Gasteiger partial charge in [-0.2, -0.15) is 0 Å². The molecule has 1 aromatic carbocycles. The molecule has 1 saturated heterocycles. The summed E-state index contributed by atoms with van der Waals surface area (Å²) in [6.45, 7) is 4.10. The fraction of sp³-hybridized carbons (Fsp3) is 0.579. The largest absolute Gasteiger partial charge is 0.497 e. The zero-order valence-corrected chi connectivity index (χ0v) is 17.0. The highest BCUT2D eigenvalue weighted by molar-refractivity contribution is 7.91. The lowest BCUT2D eigenvalue weighted by atomic mass is 10.1. The van der Waals surface area contributed by atoms with Crippen LogP contribution in [0.1, 0.15) is 25.8 Å². The van der Waals surface area contributed by atoms with E-state index in [1.165, 1.54) is 11.8 Å². The summed E-state index contributed by atoms with van der Waals surface area (Å²) in [5.41, 5.74) is 1.05. The van der Waals surface area contributed by atoms with E-state index >= 15 is 0 Å². The van der Waals surface area contributed by atoms with Gasteiger partial charge in [-0.15, -0.1) is 0 Å². The lowest BCUT2D eigenvalue weighted by molar-refractivity contribution is -0.140. The van der Waals surface area contributed by atoms with Crippen LogP contribution >= 0.6 is 0 Å². The van der Waals surface area contributed by atoms with Gasteiger partial charge in [0.15, 0.2) is 9.84 Å². The highest BCUT2D eigenvalue weighted by Crippen LogP contribution is 2.18. The van der Waals surface area contributed by atoms with Crippen LogP contribution in [0.5, 0.6) is 5.75 Å². The van der Waals surface area contributed by atoms with Crippen molar-refractivity contribution in [1.29, 1.82) is 0 Å². The number of ether oxygens (including phenoxy) is 1. The Morgan fingerprint density at radius 3 is 2.37 bits per heavy atom. The van der Waals surface area contributed by atoms with Gasteiger partial charge in [-0.05, 0) is 37.5 Å². The van der Waals surface area contributed by atoms with Crippen LogP contribution in [0.25, 0.3) is 0 Å². The molecule has 1 fully saturated rings. The Hall–Kier alpha value is -2.09. The van der Waals surface area contributed by atoms with Crippen LogP contribution in [0.2, 0.25) is 0 Å². The first-order valence-corrected chi connectivity index (χ1v) is 11.0. The Morgan fingerprint density at radius 2 is 1.89 bits per heavy atom. The van der Waals surface area contributed by atoms with Gasteiger partial charge < -0.3 is 14.5 Å². The average Bonchev–Trinajstić information content (AvgIpc) is 2.98. The smallest absolute Gasteiger partial charge is 0.242 e. The minimum absolute atomic E-state index is 0.0124. The normalized spacial score (nSPS) is 18.1. The zero-order valence-electron chi connectivity index (χ0n) is 16.2. The molecular formula is C19H28N2O5S. The topological polar surface area (TPSA) is 84.0 Å². The van der Waals surface area contributed by atoms with Crippen LogP contribution in [-0.4, -0.2) is 74.3 Å². The number of likely N-dealkylation sites (N-methyl/N-ethyl adjacent to an activating group) is 1. The molecule has 2 rings (SSSR count). The molecule has 0 bridgehead atoms. The van der Waals surface area contributed by atoms with Crippen LogP contribution in [0.15, 0.2) is 24.3 Å². The molecule has 1 unspecified atom stereocenters. The predicted octanol–water partition coefficient (Wildman–Crippen LogP) is 1.12. The zero-order chi connectivity index (χ0) is 20.0. The lowest BCUT2D eigenvalue weighted by Gasteiger charge is -2.30. The third-order valence-corrected chi connectivity index (χ3v) is 6.66. The van der Waals surface area contributed by atoms with Crippen LogP contribution in [-0.2, 0) is 25.8 Å². The van der Waals surface area contributed by atoms with Gasteiger partial charge in [0.25, 0.3) is 0 Å². The van der Waals surface area contributed by atoms with E-state index in [2.05, 4.69) is 0 Å². The molecule has 0 aromatic heterocycles. The number of hydrogen-bond acceptors (Lipinski definition) is 5. The molecule has 0 aliphatic carbocycles. The number of methoxy groups -OCH3 is 1. The van der Waals surface area contributed by atoms with E-state index in [1.54, 1.807) is 12.0 Å². The summed E-state index contributed by atoms with van der Waals surface area (Å²) in [5, 5.41) is 0. The number of benzene rings is 1. The van der Waals surface area contributed by atoms with Gasteiger partial charge in [-0.3, -0.25) is 9.59 Å². The summed E-state index contributed by atoms with van der Waals surface area (Å²) in [6.07, 6.45) is 1.09. The summed E-state index contributed by atoms with van der Waals surface area (Å²) in [7, 11) is -1.46. The Kier molecular flexibility index (Phi) is 7.24. The van der Waals surface area contributed by atoms with Crippen LogP contribution in [0, 0.1) is 0 Å². The summed E-state index contributed by atoms with van der Waals surface area (Å²) in [4.78, 5) is 27.8. The third kappa shape index (κ3) is 5.95. The van der Waals surface area contributed by atoms with E-state index in [1.807, 2.05) is 31.2 Å². The van der Waals surface area contributed by atoms with Gasteiger partial charge in [0.1, 0.15) is 5.75 Å². The number of carbonyl (C=O) groups excluding carboxylic acids is 2. The molecule has 0 saturated carbocycles. The Labute approximate surface area is 161 Å². The second-order valence-corrected chi connectivity index (χ2v) is 9.00. The molecular weight excluding hydrogens is 368 g/mol. The molecule has 8 heteroatoms. The maximum Gasteiger partial charge on any atom is 0.242 e. The number of hydrogen-bond donors (Lipinski definition) is 0. The van der Waals surface area contributed by atoms with Crippen molar-refractivity contribution in [2.45, 2.75) is 32.7 Å². The van der Waals surface area contributed by atoms with Gasteiger partial charge in [0.2, 0.25) is 11.8 Å². The first kappa shape index (κ1) is 21.2. The van der Waals surface area contributed by atoms with Gasteiger partial charge >= 0.3 is 0 Å². The van der Waals surface area contributed by atoms with Crippen molar-refractivity contribution in [3.8, 4) is 5.75 Å². The molecule has 150 valence electrons. The molecule has 1 heterocycles. The van der Waals surface area contributed by atoms with E-state index in [0.717, 1.165) is 11.3 Å². The fourth-order valence-corrected chi connectivity index (χ4v) is 5.05. The van der Waals surface area contributed by atoms with Crippen molar-refractivity contribution in [3.63, 3.8) is 0 Å². The van der Waals surface area contributed by atoms with Gasteiger partial charge in [-0.25, -0.2) is 8.42 Å². The molecule has 0 N–H and O–H groups in total. The van der Waals surface area contributed by atoms with Crippen LogP contribution in [0.4, 0.5) is 0 Å². The maximum absolute atomic E-state index is 12.7. The minimum atomic E-state index is -3.07. The second kappa shape index (κ2) is 9.21. The monoisotopic (exact) mass is 396 g/mol. The summed E-state index contributed by atoms with van der Waals surface area (Å²) >= 11 is 0. The van der Waals surface area contributed by atoms with Crippen molar-refractivity contribution >= 4 is 21.7 Å².